The SMILES string of the molecule is CO[C@H](c1ccc(CN2CCN(C(=O)CO)CC2)cc1)[C@H](N)CF. The van der Waals surface area contributed by atoms with Crippen molar-refractivity contribution >= 4 is 5.91 Å². The first-order valence-electron chi connectivity index (χ1n) is 8.13. The number of hydrogen-bond acceptors (Lipinski definition) is 5. The highest BCUT2D eigenvalue weighted by molar-refractivity contribution is 5.77. The van der Waals surface area contributed by atoms with Crippen molar-refractivity contribution in [2.45, 2.75) is 18.7 Å². The lowest BCUT2D eigenvalue weighted by Gasteiger charge is -2.34. The molecule has 0 bridgehead atoms. The predicted octanol–water partition coefficient (Wildman–Crippen LogP) is 0.307. The molecule has 1 amide bonds. The molecule has 0 unspecified atom stereocenters. The molecule has 0 spiro atoms. The third-order valence-corrected chi connectivity index (χ3v) is 4.40. The van der Waals surface area contributed by atoms with Crippen molar-refractivity contribution in [1.29, 1.82) is 0 Å². The zero-order valence-electron chi connectivity index (χ0n) is 14.0. The van der Waals surface area contributed by atoms with Crippen molar-refractivity contribution in [1.82, 2.24) is 9.80 Å². The largest absolute Gasteiger partial charge is 0.387 e. The lowest BCUT2D eigenvalue weighted by Crippen LogP contribution is -2.49. The molecule has 1 aromatic rings. The molecule has 1 heterocycles. The molecule has 0 radical (unpaired) electrons. The molecule has 134 valence electrons. The number of aliphatic hydroxyl groups excluding tert-OH is 1. The summed E-state index contributed by atoms with van der Waals surface area (Å²) in [5, 5.41) is 8.89. The highest BCUT2D eigenvalue weighted by Crippen LogP contribution is 2.21. The van der Waals surface area contributed by atoms with Crippen molar-refractivity contribution in [3.63, 3.8) is 0 Å². The Morgan fingerprint density at radius 2 is 1.92 bits per heavy atom. The van der Waals surface area contributed by atoms with Crippen LogP contribution in [0, 0.1) is 0 Å². The first-order chi connectivity index (χ1) is 11.6. The van der Waals surface area contributed by atoms with Crippen LogP contribution in [0.1, 0.15) is 17.2 Å². The van der Waals surface area contributed by atoms with Gasteiger partial charge in [-0.25, -0.2) is 4.39 Å². The summed E-state index contributed by atoms with van der Waals surface area (Å²) in [5.74, 6) is -0.214. The summed E-state index contributed by atoms with van der Waals surface area (Å²) in [7, 11) is 1.53. The fraction of sp³-hybridized carbons (Fsp3) is 0.588. The Labute approximate surface area is 142 Å². The maximum atomic E-state index is 12.8. The van der Waals surface area contributed by atoms with E-state index in [0.717, 1.165) is 30.8 Å². The molecule has 7 heteroatoms. The standard InChI is InChI=1S/C17H26FN3O3/c1-24-17(15(19)10-18)14-4-2-13(3-5-14)11-20-6-8-21(9-7-20)16(23)12-22/h2-5,15,17,22H,6-12,19H2,1H3/t15-,17-/m1/s1. The van der Waals surface area contributed by atoms with Gasteiger partial charge in [0.15, 0.2) is 0 Å². The van der Waals surface area contributed by atoms with Crippen molar-refractivity contribution in [2.24, 2.45) is 5.73 Å². The van der Waals surface area contributed by atoms with E-state index in [4.69, 9.17) is 15.6 Å². The van der Waals surface area contributed by atoms with E-state index in [1.54, 1.807) is 4.90 Å². The van der Waals surface area contributed by atoms with Gasteiger partial charge in [-0.15, -0.1) is 0 Å². The third-order valence-electron chi connectivity index (χ3n) is 4.40. The molecule has 2 atom stereocenters. The maximum absolute atomic E-state index is 12.8. The first-order valence-corrected chi connectivity index (χ1v) is 8.13. The maximum Gasteiger partial charge on any atom is 0.248 e. The molecule has 1 saturated heterocycles. The number of benzene rings is 1. The summed E-state index contributed by atoms with van der Waals surface area (Å²) in [6, 6.07) is 7.17. The number of rotatable bonds is 7. The van der Waals surface area contributed by atoms with E-state index in [0.29, 0.717) is 13.1 Å². The van der Waals surface area contributed by atoms with Crippen LogP contribution in [-0.2, 0) is 16.1 Å². The molecule has 1 aromatic carbocycles. The Kier molecular flexibility index (Phi) is 7.11. The van der Waals surface area contributed by atoms with Crippen LogP contribution in [0.2, 0.25) is 0 Å². The van der Waals surface area contributed by atoms with Crippen LogP contribution >= 0.6 is 0 Å². The average Bonchev–Trinajstić information content (AvgIpc) is 2.63. The van der Waals surface area contributed by atoms with Crippen molar-refractivity contribution in [2.75, 3.05) is 46.6 Å². The van der Waals surface area contributed by atoms with Gasteiger partial charge in [0.1, 0.15) is 13.3 Å². The van der Waals surface area contributed by atoms with Crippen LogP contribution in [-0.4, -0.2) is 73.4 Å². The topological polar surface area (TPSA) is 79.0 Å². The second kappa shape index (κ2) is 9.08. The molecule has 24 heavy (non-hydrogen) atoms. The monoisotopic (exact) mass is 339 g/mol. The van der Waals surface area contributed by atoms with Crippen molar-refractivity contribution in [3.8, 4) is 0 Å². The molecule has 0 aliphatic carbocycles. The zero-order chi connectivity index (χ0) is 17.5. The van der Waals surface area contributed by atoms with Crippen LogP contribution in [0.25, 0.3) is 0 Å². The molecule has 0 aromatic heterocycles. The number of nitrogens with two attached hydrogens (primary N) is 1. The fourth-order valence-corrected chi connectivity index (χ4v) is 2.97. The lowest BCUT2D eigenvalue weighted by atomic mass is 10.0. The summed E-state index contributed by atoms with van der Waals surface area (Å²) in [6.07, 6.45) is -0.447. The second-order valence-electron chi connectivity index (χ2n) is 6.03. The minimum atomic E-state index is -0.669. The van der Waals surface area contributed by atoms with Gasteiger partial charge in [-0.2, -0.15) is 0 Å². The Morgan fingerprint density at radius 3 is 2.42 bits per heavy atom. The molecule has 1 aliphatic rings. The minimum Gasteiger partial charge on any atom is -0.387 e. The van der Waals surface area contributed by atoms with Gasteiger partial charge in [-0.1, -0.05) is 24.3 Å². The zero-order valence-corrected chi connectivity index (χ0v) is 14.0. The number of nitrogens with zero attached hydrogens (tertiary/aromatic N) is 2. The Balaban J connectivity index is 1.89. The normalized spacial score (nSPS) is 18.4. The molecule has 2 rings (SSSR count). The van der Waals surface area contributed by atoms with E-state index < -0.39 is 25.4 Å². The molecule has 1 aliphatic heterocycles. The Bertz CT molecular complexity index is 518. The van der Waals surface area contributed by atoms with Gasteiger partial charge in [-0.3, -0.25) is 9.69 Å². The predicted molar refractivity (Wildman–Crippen MR) is 89.1 cm³/mol. The molecule has 6 nitrogen and oxygen atoms in total. The van der Waals surface area contributed by atoms with E-state index in [1.807, 2.05) is 24.3 Å². The van der Waals surface area contributed by atoms with Gasteiger partial charge >= 0.3 is 0 Å². The van der Waals surface area contributed by atoms with E-state index in [1.165, 1.54) is 7.11 Å². The molecule has 3 N–H and O–H groups in total. The van der Waals surface area contributed by atoms with Crippen LogP contribution in [0.15, 0.2) is 24.3 Å². The van der Waals surface area contributed by atoms with E-state index in [-0.39, 0.29) is 5.91 Å². The molecule has 1 fully saturated rings. The summed E-state index contributed by atoms with van der Waals surface area (Å²) in [5.41, 5.74) is 7.75. The fourth-order valence-electron chi connectivity index (χ4n) is 2.97. The van der Waals surface area contributed by atoms with Crippen LogP contribution in [0.4, 0.5) is 4.39 Å². The van der Waals surface area contributed by atoms with Crippen molar-refractivity contribution in [3.05, 3.63) is 35.4 Å². The number of methoxy groups -OCH3 is 1. The summed E-state index contributed by atoms with van der Waals surface area (Å²) in [6.45, 7) is 2.56. The second-order valence-corrected chi connectivity index (χ2v) is 6.03. The van der Waals surface area contributed by atoms with E-state index >= 15 is 0 Å². The van der Waals surface area contributed by atoms with Gasteiger partial charge in [0.2, 0.25) is 5.91 Å². The Morgan fingerprint density at radius 1 is 1.29 bits per heavy atom. The number of piperazine rings is 1. The van der Waals surface area contributed by atoms with Gasteiger partial charge in [0, 0.05) is 39.8 Å². The van der Waals surface area contributed by atoms with Crippen LogP contribution < -0.4 is 5.73 Å². The Hall–Kier alpha value is -1.54. The molecular weight excluding hydrogens is 313 g/mol. The number of ether oxygens (including phenoxy) is 1. The number of carbonyl (C=O) groups is 1. The van der Waals surface area contributed by atoms with Gasteiger partial charge in [-0.05, 0) is 11.1 Å². The van der Waals surface area contributed by atoms with Crippen molar-refractivity contribution < 1.29 is 19.0 Å². The number of aliphatic hydroxyl groups is 1. The third kappa shape index (κ3) is 4.73. The van der Waals surface area contributed by atoms with Gasteiger partial charge in [0.05, 0.1) is 12.1 Å². The first kappa shape index (κ1) is 18.8. The number of carbonyl (C=O) groups excluding carboxylic acids is 1. The highest BCUT2D eigenvalue weighted by atomic mass is 19.1. The van der Waals surface area contributed by atoms with Crippen LogP contribution in [0.5, 0.6) is 0 Å². The number of halogens is 1. The summed E-state index contributed by atoms with van der Waals surface area (Å²) >= 11 is 0. The summed E-state index contributed by atoms with van der Waals surface area (Å²) in [4.78, 5) is 15.4. The number of amides is 1. The number of alkyl halides is 1. The minimum absolute atomic E-state index is 0.214. The van der Waals surface area contributed by atoms with Crippen LogP contribution in [0.3, 0.4) is 0 Å². The van der Waals surface area contributed by atoms with E-state index in [9.17, 15) is 9.18 Å². The molecular formula is C17H26FN3O3. The average molecular weight is 339 g/mol. The molecule has 0 saturated carbocycles. The van der Waals surface area contributed by atoms with E-state index in [2.05, 4.69) is 4.90 Å². The lowest BCUT2D eigenvalue weighted by molar-refractivity contribution is -0.135. The quantitative estimate of drug-likeness (QED) is 0.747. The highest BCUT2D eigenvalue weighted by Gasteiger charge is 2.21. The smallest absolute Gasteiger partial charge is 0.248 e. The van der Waals surface area contributed by atoms with Gasteiger partial charge < -0.3 is 20.5 Å². The number of hydrogen-bond donors (Lipinski definition) is 2. The van der Waals surface area contributed by atoms with Gasteiger partial charge in [0.25, 0.3) is 0 Å². The summed E-state index contributed by atoms with van der Waals surface area (Å²) < 4.78 is 18.0.